The Bertz CT molecular complexity index is 1360. The highest BCUT2D eigenvalue weighted by atomic mass is 32.2. The minimum atomic E-state index is -4.13. The van der Waals surface area contributed by atoms with E-state index in [0.717, 1.165) is 21.2 Å². The number of anilines is 1. The second-order valence-electron chi connectivity index (χ2n) is 9.14. The lowest BCUT2D eigenvalue weighted by atomic mass is 10.1. The number of thioether (sulfide) groups is 1. The van der Waals surface area contributed by atoms with Crippen LogP contribution in [0.5, 0.6) is 0 Å². The molecule has 2 amide bonds. The Hall–Kier alpha value is -3.37. The molecule has 3 rings (SSSR count). The highest BCUT2D eigenvalue weighted by Gasteiger charge is 2.32. The molecule has 0 aromatic heterocycles. The normalized spacial score (nSPS) is 12.0. The van der Waals surface area contributed by atoms with E-state index < -0.39 is 34.3 Å². The molecule has 0 saturated carbocycles. The van der Waals surface area contributed by atoms with Crippen LogP contribution in [-0.4, -0.2) is 50.5 Å². The van der Waals surface area contributed by atoms with E-state index in [0.29, 0.717) is 17.8 Å². The van der Waals surface area contributed by atoms with E-state index in [4.69, 9.17) is 0 Å². The van der Waals surface area contributed by atoms with Gasteiger partial charge in [-0.1, -0.05) is 36.8 Å². The number of nitrogens with one attached hydrogen (secondary N) is 1. The fourth-order valence-electron chi connectivity index (χ4n) is 3.88. The van der Waals surface area contributed by atoms with Gasteiger partial charge in [0, 0.05) is 18.0 Å². The number of sulfonamides is 1. The number of halogens is 1. The molecular formula is C29H34FN3O4S2. The molecule has 39 heavy (non-hydrogen) atoms. The summed E-state index contributed by atoms with van der Waals surface area (Å²) in [6.45, 7) is 5.32. The summed E-state index contributed by atoms with van der Waals surface area (Å²) in [4.78, 5) is 29.0. The highest BCUT2D eigenvalue weighted by molar-refractivity contribution is 7.98. The van der Waals surface area contributed by atoms with Crippen LogP contribution in [0.15, 0.2) is 82.6 Å². The van der Waals surface area contributed by atoms with Gasteiger partial charge in [0.15, 0.2) is 0 Å². The first-order valence-corrected chi connectivity index (χ1v) is 15.3. The molecule has 0 radical (unpaired) electrons. The number of carbonyl (C=O) groups is 2. The fourth-order valence-corrected chi connectivity index (χ4v) is 5.70. The molecule has 0 heterocycles. The van der Waals surface area contributed by atoms with Crippen LogP contribution < -0.4 is 9.62 Å². The number of amides is 2. The van der Waals surface area contributed by atoms with Crippen molar-refractivity contribution in [3.8, 4) is 0 Å². The van der Waals surface area contributed by atoms with Crippen LogP contribution in [0, 0.1) is 12.7 Å². The molecule has 1 N–H and O–H groups in total. The number of carbonyl (C=O) groups excluding carboxylic acids is 2. The quantitative estimate of drug-likeness (QED) is 0.310. The molecule has 3 aromatic rings. The summed E-state index contributed by atoms with van der Waals surface area (Å²) in [5.74, 6) is -1.34. The molecule has 0 fully saturated rings. The number of hydrogen-bond donors (Lipinski definition) is 1. The maximum absolute atomic E-state index is 13.8. The van der Waals surface area contributed by atoms with Crippen LogP contribution in [-0.2, 0) is 26.2 Å². The summed E-state index contributed by atoms with van der Waals surface area (Å²) >= 11 is 1.49. The SMILES string of the molecule is CCCNC(=O)[C@@H](C)N(Cc1ccc(F)cc1)C(=O)CN(c1ccc(C)cc1)S(=O)(=O)c1ccc(SC)cc1. The average Bonchev–Trinajstić information content (AvgIpc) is 2.94. The zero-order chi connectivity index (χ0) is 28.6. The summed E-state index contributed by atoms with van der Waals surface area (Å²) < 4.78 is 42.3. The molecule has 0 spiro atoms. The van der Waals surface area contributed by atoms with Gasteiger partial charge in [0.05, 0.1) is 10.6 Å². The third kappa shape index (κ3) is 7.83. The van der Waals surface area contributed by atoms with E-state index in [-0.39, 0.29) is 17.3 Å². The lowest BCUT2D eigenvalue weighted by molar-refractivity contribution is -0.139. The van der Waals surface area contributed by atoms with Gasteiger partial charge in [-0.05, 0) is 80.6 Å². The Kier molecular flexibility index (Phi) is 10.5. The van der Waals surface area contributed by atoms with Crippen molar-refractivity contribution in [2.24, 2.45) is 0 Å². The largest absolute Gasteiger partial charge is 0.354 e. The highest BCUT2D eigenvalue weighted by Crippen LogP contribution is 2.26. The Labute approximate surface area is 234 Å². The first kappa shape index (κ1) is 30.2. The fraction of sp³-hybridized carbons (Fsp3) is 0.310. The zero-order valence-electron chi connectivity index (χ0n) is 22.6. The second-order valence-corrected chi connectivity index (χ2v) is 11.9. The molecule has 0 aliphatic carbocycles. The molecule has 7 nitrogen and oxygen atoms in total. The van der Waals surface area contributed by atoms with E-state index in [1.165, 1.54) is 53.1 Å². The van der Waals surface area contributed by atoms with Crippen LogP contribution in [0.3, 0.4) is 0 Å². The monoisotopic (exact) mass is 571 g/mol. The summed E-state index contributed by atoms with van der Waals surface area (Å²) in [5.41, 5.74) is 1.87. The first-order valence-electron chi connectivity index (χ1n) is 12.6. The number of hydrogen-bond acceptors (Lipinski definition) is 5. The van der Waals surface area contributed by atoms with Crippen molar-refractivity contribution in [1.29, 1.82) is 0 Å². The molecule has 0 aliphatic heterocycles. The Balaban J connectivity index is 2.00. The molecule has 0 aliphatic rings. The number of nitrogens with zero attached hydrogens (tertiary/aromatic N) is 2. The summed E-state index contributed by atoms with van der Waals surface area (Å²) in [6.07, 6.45) is 2.62. The third-order valence-corrected chi connectivity index (χ3v) is 8.76. The van der Waals surface area contributed by atoms with E-state index in [1.54, 1.807) is 43.3 Å². The predicted molar refractivity (Wildman–Crippen MR) is 154 cm³/mol. The van der Waals surface area contributed by atoms with Crippen LogP contribution in [0.25, 0.3) is 0 Å². The van der Waals surface area contributed by atoms with Gasteiger partial charge in [0.2, 0.25) is 11.8 Å². The maximum Gasteiger partial charge on any atom is 0.264 e. The van der Waals surface area contributed by atoms with Gasteiger partial charge in [-0.3, -0.25) is 13.9 Å². The molecule has 0 unspecified atom stereocenters. The van der Waals surface area contributed by atoms with Gasteiger partial charge in [-0.15, -0.1) is 11.8 Å². The Morgan fingerprint density at radius 1 is 0.974 bits per heavy atom. The van der Waals surface area contributed by atoms with Crippen molar-refractivity contribution in [3.05, 3.63) is 89.7 Å². The molecular weight excluding hydrogens is 537 g/mol. The topological polar surface area (TPSA) is 86.8 Å². The minimum absolute atomic E-state index is 0.00400. The average molecular weight is 572 g/mol. The van der Waals surface area contributed by atoms with E-state index in [1.807, 2.05) is 20.1 Å². The maximum atomic E-state index is 13.8. The van der Waals surface area contributed by atoms with Crippen LogP contribution in [0.4, 0.5) is 10.1 Å². The molecule has 10 heteroatoms. The van der Waals surface area contributed by atoms with Crippen LogP contribution in [0.2, 0.25) is 0 Å². The van der Waals surface area contributed by atoms with Crippen LogP contribution in [0.1, 0.15) is 31.4 Å². The van der Waals surface area contributed by atoms with Gasteiger partial charge in [-0.2, -0.15) is 0 Å². The van der Waals surface area contributed by atoms with Crippen molar-refractivity contribution in [3.63, 3.8) is 0 Å². The van der Waals surface area contributed by atoms with Crippen molar-refractivity contribution >= 4 is 39.3 Å². The standard InChI is InChI=1S/C29H34FN3O4S2/c1-5-18-31-29(35)22(3)32(19-23-8-10-24(30)11-9-23)28(34)20-33(25-12-6-21(2)7-13-25)39(36,37)27-16-14-26(38-4)15-17-27/h6-17,22H,5,18-20H2,1-4H3,(H,31,35)/t22-/m1/s1. The summed E-state index contributed by atoms with van der Waals surface area (Å²) in [7, 11) is -4.13. The van der Waals surface area contributed by atoms with Gasteiger partial charge in [0.25, 0.3) is 10.0 Å². The zero-order valence-corrected chi connectivity index (χ0v) is 24.2. The van der Waals surface area contributed by atoms with Crippen molar-refractivity contribution in [1.82, 2.24) is 10.2 Å². The number of aryl methyl sites for hydroxylation is 1. The molecule has 0 bridgehead atoms. The van der Waals surface area contributed by atoms with Gasteiger partial charge in [0.1, 0.15) is 18.4 Å². The molecule has 208 valence electrons. The van der Waals surface area contributed by atoms with Gasteiger partial charge in [-0.25, -0.2) is 12.8 Å². The molecule has 3 aromatic carbocycles. The number of rotatable bonds is 12. The Morgan fingerprint density at radius 3 is 2.15 bits per heavy atom. The van der Waals surface area contributed by atoms with Gasteiger partial charge < -0.3 is 10.2 Å². The Morgan fingerprint density at radius 2 is 1.59 bits per heavy atom. The minimum Gasteiger partial charge on any atom is -0.354 e. The first-order chi connectivity index (χ1) is 18.6. The lowest BCUT2D eigenvalue weighted by Crippen LogP contribution is -2.51. The van der Waals surface area contributed by atoms with Crippen molar-refractivity contribution < 1.29 is 22.4 Å². The van der Waals surface area contributed by atoms with Crippen LogP contribution >= 0.6 is 11.8 Å². The van der Waals surface area contributed by atoms with E-state index >= 15 is 0 Å². The van der Waals surface area contributed by atoms with E-state index in [2.05, 4.69) is 5.32 Å². The van der Waals surface area contributed by atoms with Crippen molar-refractivity contribution in [2.45, 2.75) is 49.6 Å². The summed E-state index contributed by atoms with van der Waals surface area (Å²) in [5, 5.41) is 2.79. The molecule has 1 atom stereocenters. The lowest BCUT2D eigenvalue weighted by Gasteiger charge is -2.32. The molecule has 0 saturated heterocycles. The second kappa shape index (κ2) is 13.6. The third-order valence-electron chi connectivity index (χ3n) is 6.23. The number of benzene rings is 3. The smallest absolute Gasteiger partial charge is 0.264 e. The van der Waals surface area contributed by atoms with Gasteiger partial charge >= 0.3 is 0 Å². The van der Waals surface area contributed by atoms with E-state index in [9.17, 15) is 22.4 Å². The van der Waals surface area contributed by atoms with Crippen molar-refractivity contribution in [2.75, 3.05) is 23.7 Å². The predicted octanol–water partition coefficient (Wildman–Crippen LogP) is 4.99. The summed E-state index contributed by atoms with van der Waals surface area (Å²) in [6, 6.07) is 18.1.